The van der Waals surface area contributed by atoms with E-state index in [-0.39, 0.29) is 10.6 Å². The van der Waals surface area contributed by atoms with Crippen molar-refractivity contribution in [3.63, 3.8) is 0 Å². The third kappa shape index (κ3) is 2.96. The smallest absolute Gasteiger partial charge is 0.184 e. The van der Waals surface area contributed by atoms with E-state index in [4.69, 9.17) is 11.6 Å². The molecule has 2 rings (SSSR count). The fourth-order valence-electron chi connectivity index (χ4n) is 2.07. The second kappa shape index (κ2) is 6.07. The Balaban J connectivity index is 2.46. The summed E-state index contributed by atoms with van der Waals surface area (Å²) >= 11 is 5.72. The van der Waals surface area contributed by atoms with Gasteiger partial charge in [-0.1, -0.05) is 35.9 Å². The third-order valence-corrected chi connectivity index (χ3v) is 3.77. The molecule has 0 heterocycles. The Bertz CT molecular complexity index is 749. The molecule has 106 valence electrons. The van der Waals surface area contributed by atoms with Gasteiger partial charge in [0.25, 0.3) is 0 Å². The highest BCUT2D eigenvalue weighted by Gasteiger charge is 2.25. The summed E-state index contributed by atoms with van der Waals surface area (Å²) in [7, 11) is 0. The highest BCUT2D eigenvalue weighted by molar-refractivity contribution is 6.30. The van der Waals surface area contributed by atoms with Crippen LogP contribution in [0.5, 0.6) is 0 Å². The maximum Gasteiger partial charge on any atom is 0.184 e. The highest BCUT2D eigenvalue weighted by atomic mass is 35.5. The van der Waals surface area contributed by atoms with Crippen LogP contribution in [-0.4, -0.2) is 5.78 Å². The van der Waals surface area contributed by atoms with Crippen molar-refractivity contribution < 1.29 is 9.18 Å². The lowest BCUT2D eigenvalue weighted by molar-refractivity contribution is 0.0977. The first kappa shape index (κ1) is 15.2. The summed E-state index contributed by atoms with van der Waals surface area (Å²) in [4.78, 5) is 12.5. The van der Waals surface area contributed by atoms with E-state index in [2.05, 4.69) is 0 Å². The molecule has 1 atom stereocenters. The third-order valence-electron chi connectivity index (χ3n) is 3.48. The number of carbonyl (C=O) groups is 1. The normalized spacial score (nSPS) is 11.8. The number of benzene rings is 2. The van der Waals surface area contributed by atoms with Crippen LogP contribution >= 0.6 is 11.6 Å². The van der Waals surface area contributed by atoms with Gasteiger partial charge < -0.3 is 0 Å². The van der Waals surface area contributed by atoms with Gasteiger partial charge in [-0.15, -0.1) is 0 Å². The zero-order valence-electron chi connectivity index (χ0n) is 11.7. The molecule has 0 spiro atoms. The summed E-state index contributed by atoms with van der Waals surface area (Å²) in [5, 5.41) is 9.17. The van der Waals surface area contributed by atoms with E-state index in [0.717, 1.165) is 11.1 Å². The lowest BCUT2D eigenvalue weighted by Gasteiger charge is -2.11. The number of nitrogens with zero attached hydrogens (tertiary/aromatic N) is 1. The van der Waals surface area contributed by atoms with E-state index >= 15 is 0 Å². The van der Waals surface area contributed by atoms with Gasteiger partial charge >= 0.3 is 0 Å². The molecule has 0 fully saturated rings. The zero-order chi connectivity index (χ0) is 15.6. The van der Waals surface area contributed by atoms with Crippen LogP contribution in [-0.2, 0) is 0 Å². The van der Waals surface area contributed by atoms with Crippen molar-refractivity contribution in [2.24, 2.45) is 0 Å². The minimum atomic E-state index is -1.20. The largest absolute Gasteiger partial charge is 0.292 e. The number of halogens is 2. The topological polar surface area (TPSA) is 40.9 Å². The number of carbonyl (C=O) groups excluding carboxylic acids is 1. The van der Waals surface area contributed by atoms with Gasteiger partial charge in [0, 0.05) is 11.1 Å². The van der Waals surface area contributed by atoms with Crippen molar-refractivity contribution in [2.75, 3.05) is 0 Å². The van der Waals surface area contributed by atoms with Crippen LogP contribution in [0, 0.1) is 31.0 Å². The van der Waals surface area contributed by atoms with Gasteiger partial charge in [-0.05, 0) is 37.1 Å². The van der Waals surface area contributed by atoms with Gasteiger partial charge in [0.05, 0.1) is 11.1 Å². The number of ketones is 1. The summed E-state index contributed by atoms with van der Waals surface area (Å²) in [6, 6.07) is 11.4. The average Bonchev–Trinajstić information content (AvgIpc) is 2.47. The Kier molecular flexibility index (Phi) is 4.40. The number of hydrogen-bond acceptors (Lipinski definition) is 2. The maximum atomic E-state index is 14.0. The number of aryl methyl sites for hydroxylation is 2. The van der Waals surface area contributed by atoms with E-state index < -0.39 is 17.5 Å². The molecule has 0 aromatic heterocycles. The van der Waals surface area contributed by atoms with Crippen molar-refractivity contribution in [1.82, 2.24) is 0 Å². The fourth-order valence-corrected chi connectivity index (χ4v) is 2.26. The van der Waals surface area contributed by atoms with Gasteiger partial charge in [-0.3, -0.25) is 4.79 Å². The second-order valence-electron chi connectivity index (χ2n) is 4.87. The maximum absolute atomic E-state index is 14.0. The molecule has 1 unspecified atom stereocenters. The van der Waals surface area contributed by atoms with E-state index in [1.165, 1.54) is 18.2 Å². The van der Waals surface area contributed by atoms with Crippen molar-refractivity contribution in [2.45, 2.75) is 19.8 Å². The Labute approximate surface area is 127 Å². The lowest BCUT2D eigenvalue weighted by atomic mass is 9.90. The standard InChI is InChI=1S/C17H13ClFNO/c1-10-6-7-12(8-11(10)2)17(21)14(9-20)13-4-3-5-15(18)16(13)19/h3-8,14H,1-2H3. The molecule has 0 aliphatic heterocycles. The van der Waals surface area contributed by atoms with Crippen molar-refractivity contribution in [3.8, 4) is 6.07 Å². The Morgan fingerprint density at radius 2 is 1.95 bits per heavy atom. The first-order valence-corrected chi connectivity index (χ1v) is 6.78. The molecule has 0 saturated carbocycles. The van der Waals surface area contributed by atoms with Crippen molar-refractivity contribution >= 4 is 17.4 Å². The van der Waals surface area contributed by atoms with Gasteiger partial charge in [0.15, 0.2) is 5.78 Å². The van der Waals surface area contributed by atoms with Crippen LogP contribution in [0.1, 0.15) is 33.0 Å². The molecule has 2 aromatic rings. The second-order valence-corrected chi connectivity index (χ2v) is 5.28. The predicted molar refractivity (Wildman–Crippen MR) is 80.0 cm³/mol. The van der Waals surface area contributed by atoms with Crippen molar-refractivity contribution in [1.29, 1.82) is 5.26 Å². The molecule has 0 aliphatic carbocycles. The molecule has 21 heavy (non-hydrogen) atoms. The summed E-state index contributed by atoms with van der Waals surface area (Å²) in [6.07, 6.45) is 0. The SMILES string of the molecule is Cc1ccc(C(=O)C(C#N)c2cccc(Cl)c2F)cc1C. The Hall–Kier alpha value is -2.18. The zero-order valence-corrected chi connectivity index (χ0v) is 12.4. The van der Waals surface area contributed by atoms with E-state index in [1.54, 1.807) is 12.1 Å². The van der Waals surface area contributed by atoms with Crippen LogP contribution in [0.25, 0.3) is 0 Å². The highest BCUT2D eigenvalue weighted by Crippen LogP contribution is 2.27. The summed E-state index contributed by atoms with van der Waals surface area (Å²) in [5.74, 6) is -2.35. The predicted octanol–water partition coefficient (Wildman–Crippen LogP) is 4.59. The number of hydrogen-bond donors (Lipinski definition) is 0. The molecule has 0 radical (unpaired) electrons. The number of rotatable bonds is 3. The molecule has 0 N–H and O–H groups in total. The Morgan fingerprint density at radius 1 is 1.24 bits per heavy atom. The monoisotopic (exact) mass is 301 g/mol. The van der Waals surface area contributed by atoms with Crippen molar-refractivity contribution in [3.05, 3.63) is 69.5 Å². The molecule has 2 nitrogen and oxygen atoms in total. The summed E-state index contributed by atoms with van der Waals surface area (Å²) in [5.41, 5.74) is 2.40. The molecule has 0 amide bonds. The quantitative estimate of drug-likeness (QED) is 0.778. The van der Waals surface area contributed by atoms with Gasteiger partial charge in [-0.25, -0.2) is 4.39 Å². The first-order valence-electron chi connectivity index (χ1n) is 6.40. The van der Waals surface area contributed by atoms with Crippen LogP contribution in [0.4, 0.5) is 4.39 Å². The average molecular weight is 302 g/mol. The minimum Gasteiger partial charge on any atom is -0.292 e. The van der Waals surface area contributed by atoms with E-state index in [1.807, 2.05) is 26.0 Å². The van der Waals surface area contributed by atoms with Crippen LogP contribution in [0.15, 0.2) is 36.4 Å². The van der Waals surface area contributed by atoms with E-state index in [9.17, 15) is 14.4 Å². The lowest BCUT2D eigenvalue weighted by Crippen LogP contribution is -2.13. The van der Waals surface area contributed by atoms with Crippen LogP contribution in [0.3, 0.4) is 0 Å². The molecule has 2 aromatic carbocycles. The molecular weight excluding hydrogens is 289 g/mol. The molecule has 0 saturated heterocycles. The van der Waals surface area contributed by atoms with E-state index in [0.29, 0.717) is 5.56 Å². The Morgan fingerprint density at radius 3 is 2.57 bits per heavy atom. The van der Waals surface area contributed by atoms with Crippen LogP contribution in [0.2, 0.25) is 5.02 Å². The minimum absolute atomic E-state index is 0.00762. The molecular formula is C17H13ClFNO. The summed E-state index contributed by atoms with van der Waals surface area (Å²) < 4.78 is 14.0. The van der Waals surface area contributed by atoms with Gasteiger partial charge in [0.2, 0.25) is 0 Å². The first-order chi connectivity index (χ1) is 9.95. The molecule has 0 bridgehead atoms. The van der Waals surface area contributed by atoms with Crippen LogP contribution < -0.4 is 0 Å². The molecule has 0 aliphatic rings. The molecule has 4 heteroatoms. The summed E-state index contributed by atoms with van der Waals surface area (Å²) in [6.45, 7) is 3.81. The van der Waals surface area contributed by atoms with Gasteiger partial charge in [0.1, 0.15) is 11.7 Å². The number of Topliss-reactive ketones (excluding diaryl/α,β-unsaturated/α-hetero) is 1. The van der Waals surface area contributed by atoms with Gasteiger partial charge in [-0.2, -0.15) is 5.26 Å². The fraction of sp³-hybridized carbons (Fsp3) is 0.176. The number of nitriles is 1.